The summed E-state index contributed by atoms with van der Waals surface area (Å²) in [4.78, 5) is 4.19. The Bertz CT molecular complexity index is 418. The molecule has 2 aromatic heterocycles. The maximum Gasteiger partial charge on any atom is 0.230 e. The molecule has 74 valence electrons. The zero-order chi connectivity index (χ0) is 9.97. The Morgan fingerprint density at radius 1 is 1.50 bits per heavy atom. The van der Waals surface area contributed by atoms with E-state index in [1.807, 2.05) is 30.2 Å². The molecule has 0 N–H and O–H groups in total. The van der Waals surface area contributed by atoms with Crippen molar-refractivity contribution in [1.29, 1.82) is 0 Å². The molecule has 2 aromatic rings. The molecule has 14 heavy (non-hydrogen) atoms. The molecule has 0 aliphatic rings. The highest BCUT2D eigenvalue weighted by Crippen LogP contribution is 2.06. The normalized spacial score (nSPS) is 10.7. The van der Waals surface area contributed by atoms with Crippen LogP contribution >= 0.6 is 11.6 Å². The first-order valence-corrected chi connectivity index (χ1v) is 4.92. The summed E-state index contributed by atoms with van der Waals surface area (Å²) in [6, 6.07) is 0. The lowest BCUT2D eigenvalue weighted by molar-refractivity contribution is 0.749. The van der Waals surface area contributed by atoms with Crippen molar-refractivity contribution in [2.75, 3.05) is 5.88 Å². The topological polar surface area (TPSA) is 35.6 Å². The van der Waals surface area contributed by atoms with Crippen LogP contribution in [0.5, 0.6) is 0 Å². The van der Waals surface area contributed by atoms with E-state index < -0.39 is 0 Å². The van der Waals surface area contributed by atoms with E-state index in [4.69, 9.17) is 11.6 Å². The smallest absolute Gasteiger partial charge is 0.230 e. The van der Waals surface area contributed by atoms with Gasteiger partial charge in [0.2, 0.25) is 5.95 Å². The summed E-state index contributed by atoms with van der Waals surface area (Å²) < 4.78 is 3.67. The van der Waals surface area contributed by atoms with Crippen LogP contribution in [0.1, 0.15) is 5.56 Å². The van der Waals surface area contributed by atoms with Gasteiger partial charge in [-0.05, 0) is 12.0 Å². The standard InChI is InChI=1S/C9H11ClN4/c1-13-5-4-11-9(13)14-7-8(2-3-10)6-12-14/h4-7H,2-3H2,1H3. The average molecular weight is 211 g/mol. The van der Waals surface area contributed by atoms with Crippen molar-refractivity contribution in [3.8, 4) is 5.95 Å². The second-order valence-electron chi connectivity index (χ2n) is 3.07. The number of aromatic nitrogens is 4. The van der Waals surface area contributed by atoms with Crippen LogP contribution in [0.4, 0.5) is 0 Å². The summed E-state index contributed by atoms with van der Waals surface area (Å²) in [6.07, 6.45) is 8.24. The van der Waals surface area contributed by atoms with Crippen LogP contribution < -0.4 is 0 Å². The number of nitrogens with zero attached hydrogens (tertiary/aromatic N) is 4. The zero-order valence-corrected chi connectivity index (χ0v) is 8.65. The molecule has 2 rings (SSSR count). The molecule has 4 nitrogen and oxygen atoms in total. The van der Waals surface area contributed by atoms with Crippen molar-refractivity contribution in [2.45, 2.75) is 6.42 Å². The molecule has 0 bridgehead atoms. The molecule has 2 heterocycles. The molecule has 0 unspecified atom stereocenters. The van der Waals surface area contributed by atoms with Crippen molar-refractivity contribution in [1.82, 2.24) is 19.3 Å². The van der Waals surface area contributed by atoms with E-state index in [2.05, 4.69) is 10.1 Å². The van der Waals surface area contributed by atoms with E-state index in [0.29, 0.717) is 5.88 Å². The molecule has 0 aliphatic carbocycles. The molecule has 0 aromatic carbocycles. The van der Waals surface area contributed by atoms with Crippen LogP contribution in [0.25, 0.3) is 5.95 Å². The van der Waals surface area contributed by atoms with Crippen LogP contribution in [-0.2, 0) is 13.5 Å². The summed E-state index contributed by atoms with van der Waals surface area (Å²) in [5.74, 6) is 1.43. The van der Waals surface area contributed by atoms with Crippen molar-refractivity contribution in [3.63, 3.8) is 0 Å². The van der Waals surface area contributed by atoms with Crippen molar-refractivity contribution in [2.24, 2.45) is 7.05 Å². The van der Waals surface area contributed by atoms with Gasteiger partial charge in [0, 0.05) is 31.5 Å². The first kappa shape index (κ1) is 9.27. The molecule has 0 saturated heterocycles. The molecule has 0 saturated carbocycles. The quantitative estimate of drug-likeness (QED) is 0.718. The monoisotopic (exact) mass is 210 g/mol. The number of hydrogen-bond acceptors (Lipinski definition) is 2. The molecule has 0 radical (unpaired) electrons. The van der Waals surface area contributed by atoms with Gasteiger partial charge >= 0.3 is 0 Å². The van der Waals surface area contributed by atoms with Crippen LogP contribution in [0.2, 0.25) is 0 Å². The van der Waals surface area contributed by atoms with E-state index in [1.165, 1.54) is 0 Å². The maximum atomic E-state index is 5.64. The maximum absolute atomic E-state index is 5.64. The fraction of sp³-hybridized carbons (Fsp3) is 0.333. The number of alkyl halides is 1. The second kappa shape index (κ2) is 3.84. The van der Waals surface area contributed by atoms with E-state index in [1.54, 1.807) is 10.9 Å². The third-order valence-corrected chi connectivity index (χ3v) is 2.21. The Balaban J connectivity index is 2.29. The number of rotatable bonds is 3. The molecule has 0 aliphatic heterocycles. The molecule has 5 heteroatoms. The average Bonchev–Trinajstić information content (AvgIpc) is 2.74. The summed E-state index contributed by atoms with van der Waals surface area (Å²) in [5.41, 5.74) is 1.13. The van der Waals surface area contributed by atoms with Gasteiger partial charge in [-0.2, -0.15) is 5.10 Å². The van der Waals surface area contributed by atoms with Gasteiger partial charge in [-0.3, -0.25) is 0 Å². The molecule has 0 fully saturated rings. The van der Waals surface area contributed by atoms with E-state index in [0.717, 1.165) is 17.9 Å². The molecule has 0 amide bonds. The Morgan fingerprint density at radius 3 is 3.00 bits per heavy atom. The van der Waals surface area contributed by atoms with E-state index in [9.17, 15) is 0 Å². The Hall–Kier alpha value is -1.29. The molecule has 0 spiro atoms. The Kier molecular flexibility index (Phi) is 2.54. The SMILES string of the molecule is Cn1ccnc1-n1cc(CCCl)cn1. The van der Waals surface area contributed by atoms with E-state index >= 15 is 0 Å². The lowest BCUT2D eigenvalue weighted by Crippen LogP contribution is -2.02. The predicted octanol–water partition coefficient (Wildman–Crippen LogP) is 1.39. The van der Waals surface area contributed by atoms with Crippen LogP contribution in [0, 0.1) is 0 Å². The summed E-state index contributed by atoms with van der Waals surface area (Å²) in [6.45, 7) is 0. The van der Waals surface area contributed by atoms with Gasteiger partial charge in [-0.1, -0.05) is 0 Å². The van der Waals surface area contributed by atoms with Gasteiger partial charge in [0.1, 0.15) is 0 Å². The number of imidazole rings is 1. The minimum atomic E-state index is 0.617. The first-order valence-electron chi connectivity index (χ1n) is 4.38. The van der Waals surface area contributed by atoms with Gasteiger partial charge in [0.25, 0.3) is 0 Å². The predicted molar refractivity (Wildman–Crippen MR) is 54.8 cm³/mol. The number of hydrogen-bond donors (Lipinski definition) is 0. The summed E-state index contributed by atoms with van der Waals surface area (Å²) in [5, 5.41) is 4.21. The molecular weight excluding hydrogens is 200 g/mol. The second-order valence-corrected chi connectivity index (χ2v) is 3.45. The Morgan fingerprint density at radius 2 is 2.36 bits per heavy atom. The molecular formula is C9H11ClN4. The Labute approximate surface area is 87.1 Å². The number of aryl methyl sites for hydroxylation is 2. The first-order chi connectivity index (χ1) is 6.81. The number of halogens is 1. The van der Waals surface area contributed by atoms with Crippen LogP contribution in [-0.4, -0.2) is 25.2 Å². The zero-order valence-electron chi connectivity index (χ0n) is 7.89. The third kappa shape index (κ3) is 1.65. The summed E-state index contributed by atoms with van der Waals surface area (Å²) in [7, 11) is 1.94. The lowest BCUT2D eigenvalue weighted by Gasteiger charge is -1.99. The fourth-order valence-corrected chi connectivity index (χ4v) is 1.50. The van der Waals surface area contributed by atoms with Crippen molar-refractivity contribution in [3.05, 3.63) is 30.4 Å². The van der Waals surface area contributed by atoms with Gasteiger partial charge < -0.3 is 4.57 Å². The third-order valence-electron chi connectivity index (χ3n) is 2.02. The molecule has 0 atom stereocenters. The van der Waals surface area contributed by atoms with E-state index in [-0.39, 0.29) is 0 Å². The largest absolute Gasteiger partial charge is 0.319 e. The van der Waals surface area contributed by atoms with Gasteiger partial charge in [0.15, 0.2) is 0 Å². The summed E-state index contributed by atoms with van der Waals surface area (Å²) >= 11 is 5.64. The van der Waals surface area contributed by atoms with Gasteiger partial charge in [0.05, 0.1) is 6.20 Å². The lowest BCUT2D eigenvalue weighted by atomic mass is 10.3. The van der Waals surface area contributed by atoms with Gasteiger partial charge in [-0.15, -0.1) is 11.6 Å². The highest BCUT2D eigenvalue weighted by Gasteiger charge is 2.03. The van der Waals surface area contributed by atoms with Gasteiger partial charge in [-0.25, -0.2) is 9.67 Å². The van der Waals surface area contributed by atoms with Crippen LogP contribution in [0.15, 0.2) is 24.8 Å². The van der Waals surface area contributed by atoms with Crippen LogP contribution in [0.3, 0.4) is 0 Å². The minimum absolute atomic E-state index is 0.617. The minimum Gasteiger partial charge on any atom is -0.319 e. The highest BCUT2D eigenvalue weighted by atomic mass is 35.5. The fourth-order valence-electron chi connectivity index (χ4n) is 1.29. The van der Waals surface area contributed by atoms with Crippen molar-refractivity contribution >= 4 is 11.6 Å². The highest BCUT2D eigenvalue weighted by molar-refractivity contribution is 6.17. The van der Waals surface area contributed by atoms with Crippen molar-refractivity contribution < 1.29 is 0 Å².